The number of rotatable bonds is 3. The minimum atomic E-state index is -0.813. The highest BCUT2D eigenvalue weighted by atomic mass is 16.6. The first-order valence-electron chi connectivity index (χ1n) is 12.6. The number of hydrogen-bond donors (Lipinski definition) is 2. The van der Waals surface area contributed by atoms with Gasteiger partial charge in [0.1, 0.15) is 6.10 Å². The van der Waals surface area contributed by atoms with Gasteiger partial charge in [-0.2, -0.15) is 0 Å². The number of benzene rings is 3. The fraction of sp³-hybridized carbons (Fsp3) is 0.345. The van der Waals surface area contributed by atoms with Crippen LogP contribution in [0.4, 0.5) is 0 Å². The van der Waals surface area contributed by atoms with Gasteiger partial charge < -0.3 is 29.2 Å². The summed E-state index contributed by atoms with van der Waals surface area (Å²) in [6.45, 7) is 3.43. The zero-order chi connectivity index (χ0) is 24.8. The molecule has 0 saturated heterocycles. The normalized spacial score (nSPS) is 23.9. The van der Waals surface area contributed by atoms with E-state index in [1.165, 1.54) is 0 Å². The number of carbonyl (C=O) groups excluding carboxylic acids is 1. The molecule has 2 aliphatic rings. The monoisotopic (exact) mass is 482 g/mol. The number of nitrogens with zero attached hydrogens (tertiary/aromatic N) is 2. The number of aromatic nitrogens is 2. The second-order valence-corrected chi connectivity index (χ2v) is 10.1. The van der Waals surface area contributed by atoms with E-state index in [-0.39, 0.29) is 18.1 Å². The Morgan fingerprint density at radius 2 is 1.69 bits per heavy atom. The molecule has 3 aromatic carbocycles. The van der Waals surface area contributed by atoms with Crippen molar-refractivity contribution >= 4 is 49.5 Å². The van der Waals surface area contributed by atoms with E-state index >= 15 is 0 Å². The van der Waals surface area contributed by atoms with Crippen molar-refractivity contribution in [3.05, 3.63) is 59.7 Å². The van der Waals surface area contributed by atoms with Crippen molar-refractivity contribution in [3.8, 4) is 0 Å². The summed E-state index contributed by atoms with van der Waals surface area (Å²) in [7, 11) is 5.52. The molecule has 0 saturated carbocycles. The highest BCUT2D eigenvalue weighted by Gasteiger charge is 2.45. The van der Waals surface area contributed by atoms with E-state index in [0.29, 0.717) is 6.54 Å². The smallest absolute Gasteiger partial charge is 0.252 e. The van der Waals surface area contributed by atoms with E-state index < -0.39 is 5.72 Å². The largest absolute Gasteiger partial charge is 0.375 e. The molecule has 2 N–H and O–H groups in total. The average Bonchev–Trinajstić information content (AvgIpc) is 3.56. The standard InChI is InChI=1S/C29H30N4O3/c1-29(36-4)27(35-3)19(30-2)13-14-32-20-11-7-5-9-16(20)23-24-18(15-31-28(24)34)22-17-10-6-8-12-21(17)33(29)26(22)25(23)32/h5-12,19,27,30H,13-15H2,1-4H3,(H,31,34)/t19-,27-,29-/m0/s1. The van der Waals surface area contributed by atoms with E-state index in [4.69, 9.17) is 9.47 Å². The Hall–Kier alpha value is -3.39. The van der Waals surface area contributed by atoms with E-state index in [0.717, 1.165) is 67.7 Å². The van der Waals surface area contributed by atoms with Crippen molar-refractivity contribution in [2.24, 2.45) is 0 Å². The lowest BCUT2D eigenvalue weighted by molar-refractivity contribution is -0.165. The zero-order valence-corrected chi connectivity index (χ0v) is 21.0. The first-order valence-corrected chi connectivity index (χ1v) is 12.6. The Labute approximate surface area is 208 Å². The molecule has 3 atom stereocenters. The third-order valence-electron chi connectivity index (χ3n) is 8.62. The summed E-state index contributed by atoms with van der Waals surface area (Å²) in [6, 6.07) is 17.0. The molecule has 0 aliphatic carbocycles. The number of para-hydroxylation sites is 2. The molecule has 7 rings (SSSR count). The molecular weight excluding hydrogens is 452 g/mol. The van der Waals surface area contributed by atoms with Crippen LogP contribution in [0.2, 0.25) is 0 Å². The van der Waals surface area contributed by atoms with Crippen molar-refractivity contribution in [2.75, 3.05) is 21.3 Å². The van der Waals surface area contributed by atoms with Gasteiger partial charge in [0.15, 0.2) is 5.72 Å². The van der Waals surface area contributed by atoms with Crippen LogP contribution in [0.15, 0.2) is 48.5 Å². The Bertz CT molecular complexity index is 1710. The summed E-state index contributed by atoms with van der Waals surface area (Å²) in [6.07, 6.45) is 0.584. The van der Waals surface area contributed by atoms with Gasteiger partial charge in [-0.05, 0) is 38.1 Å². The molecule has 0 radical (unpaired) electrons. The molecule has 5 aromatic rings. The van der Waals surface area contributed by atoms with Gasteiger partial charge in [-0.15, -0.1) is 0 Å². The number of aryl methyl sites for hydroxylation is 1. The zero-order valence-electron chi connectivity index (χ0n) is 21.0. The number of likely N-dealkylation sites (N-methyl/N-ethyl adjacent to an activating group) is 1. The fourth-order valence-corrected chi connectivity index (χ4v) is 7.03. The van der Waals surface area contributed by atoms with Crippen LogP contribution in [0.25, 0.3) is 43.6 Å². The Kier molecular flexibility index (Phi) is 4.59. The second kappa shape index (κ2) is 7.56. The lowest BCUT2D eigenvalue weighted by atomic mass is 9.96. The molecule has 0 fully saturated rings. The van der Waals surface area contributed by atoms with Crippen LogP contribution in [0.3, 0.4) is 0 Å². The highest BCUT2D eigenvalue weighted by Crippen LogP contribution is 2.48. The summed E-state index contributed by atoms with van der Waals surface area (Å²) in [5.74, 6) is 0.00359. The fourth-order valence-electron chi connectivity index (χ4n) is 7.03. The second-order valence-electron chi connectivity index (χ2n) is 10.1. The number of fused-ring (bicyclic) bond motifs is 9. The molecule has 2 aromatic heterocycles. The lowest BCUT2D eigenvalue weighted by Gasteiger charge is -2.41. The first-order chi connectivity index (χ1) is 17.5. The number of carbonyl (C=O) groups is 1. The van der Waals surface area contributed by atoms with Crippen molar-refractivity contribution < 1.29 is 14.3 Å². The van der Waals surface area contributed by atoms with Crippen molar-refractivity contribution in [3.63, 3.8) is 0 Å². The topological polar surface area (TPSA) is 69.5 Å². The Balaban J connectivity index is 1.83. The third kappa shape index (κ3) is 2.50. The number of hydrogen-bond acceptors (Lipinski definition) is 4. The van der Waals surface area contributed by atoms with E-state index in [2.05, 4.69) is 75.2 Å². The predicted molar refractivity (Wildman–Crippen MR) is 143 cm³/mol. The molecule has 0 bridgehead atoms. The summed E-state index contributed by atoms with van der Waals surface area (Å²) in [5, 5.41) is 11.0. The van der Waals surface area contributed by atoms with Gasteiger partial charge >= 0.3 is 0 Å². The van der Waals surface area contributed by atoms with E-state index in [9.17, 15) is 4.79 Å². The molecule has 0 spiro atoms. The van der Waals surface area contributed by atoms with Crippen LogP contribution in [-0.2, 0) is 28.3 Å². The number of methoxy groups -OCH3 is 2. The third-order valence-corrected chi connectivity index (χ3v) is 8.62. The average molecular weight is 483 g/mol. The molecule has 1 amide bonds. The quantitative estimate of drug-likeness (QED) is 0.398. The highest BCUT2D eigenvalue weighted by molar-refractivity contribution is 6.30. The molecular formula is C29H30N4O3. The molecule has 36 heavy (non-hydrogen) atoms. The molecule has 184 valence electrons. The summed E-state index contributed by atoms with van der Waals surface area (Å²) >= 11 is 0. The Morgan fingerprint density at radius 3 is 2.39 bits per heavy atom. The maximum atomic E-state index is 13.4. The van der Waals surface area contributed by atoms with Gasteiger partial charge in [0.05, 0.1) is 22.1 Å². The van der Waals surface area contributed by atoms with Crippen LogP contribution in [-0.4, -0.2) is 48.5 Å². The predicted octanol–water partition coefficient (Wildman–Crippen LogP) is 4.47. The maximum Gasteiger partial charge on any atom is 0.252 e. The van der Waals surface area contributed by atoms with Crippen molar-refractivity contribution in [2.45, 2.75) is 44.3 Å². The number of nitrogens with one attached hydrogen (secondary N) is 2. The van der Waals surface area contributed by atoms with Gasteiger partial charge in [0.25, 0.3) is 5.91 Å². The molecule has 2 aliphatic heterocycles. The molecule has 7 nitrogen and oxygen atoms in total. The first kappa shape index (κ1) is 21.9. The van der Waals surface area contributed by atoms with E-state index in [1.54, 1.807) is 14.2 Å². The lowest BCUT2D eigenvalue weighted by Crippen LogP contribution is -2.55. The van der Waals surface area contributed by atoms with Crippen LogP contribution >= 0.6 is 0 Å². The van der Waals surface area contributed by atoms with Gasteiger partial charge in [-0.25, -0.2) is 0 Å². The molecule has 0 unspecified atom stereocenters. The van der Waals surface area contributed by atoms with Crippen LogP contribution < -0.4 is 10.6 Å². The van der Waals surface area contributed by atoms with Gasteiger partial charge in [-0.1, -0.05) is 36.4 Å². The van der Waals surface area contributed by atoms with Crippen molar-refractivity contribution in [1.29, 1.82) is 0 Å². The molecule has 7 heteroatoms. The van der Waals surface area contributed by atoms with Gasteiger partial charge in [0, 0.05) is 60.4 Å². The minimum Gasteiger partial charge on any atom is -0.375 e. The van der Waals surface area contributed by atoms with Crippen molar-refractivity contribution in [1.82, 2.24) is 19.8 Å². The van der Waals surface area contributed by atoms with Crippen LogP contribution in [0.5, 0.6) is 0 Å². The molecule has 4 heterocycles. The summed E-state index contributed by atoms with van der Waals surface area (Å²) in [5.41, 5.74) is 5.46. The SMILES string of the molecule is CN[C@H]1CCn2c3ccccc3c3c4c(c5c6ccccc6n(c5c32)[C@@](C)(OC)[C@H]1OC)CNC4=O. The van der Waals surface area contributed by atoms with Gasteiger partial charge in [0.2, 0.25) is 0 Å². The number of ether oxygens (including phenoxy) is 2. The maximum absolute atomic E-state index is 13.4. The minimum absolute atomic E-state index is 0.00359. The Morgan fingerprint density at radius 1 is 1.00 bits per heavy atom. The number of amides is 1. The van der Waals surface area contributed by atoms with E-state index in [1.807, 2.05) is 7.05 Å². The van der Waals surface area contributed by atoms with Crippen LogP contribution in [0.1, 0.15) is 29.3 Å². The van der Waals surface area contributed by atoms with Gasteiger partial charge in [-0.3, -0.25) is 4.79 Å². The van der Waals surface area contributed by atoms with Crippen LogP contribution in [0, 0.1) is 0 Å². The summed E-state index contributed by atoms with van der Waals surface area (Å²) in [4.78, 5) is 13.4. The summed E-state index contributed by atoms with van der Waals surface area (Å²) < 4.78 is 17.4.